The number of halogens is 1. The highest BCUT2D eigenvalue weighted by molar-refractivity contribution is 7.91. The molecule has 1 saturated carbocycles. The number of benzene rings is 1. The molecule has 0 aromatic heterocycles. The van der Waals surface area contributed by atoms with E-state index in [1.807, 2.05) is 0 Å². The van der Waals surface area contributed by atoms with Gasteiger partial charge in [-0.3, -0.25) is 0 Å². The smallest absolute Gasteiger partial charge is 0.150 e. The average molecular weight is 315 g/mol. The van der Waals surface area contributed by atoms with Gasteiger partial charge in [0.25, 0.3) is 0 Å². The zero-order valence-corrected chi connectivity index (χ0v) is 13.2. The highest BCUT2D eigenvalue weighted by Crippen LogP contribution is 2.39. The Hall–Kier alpha value is -1.14. The molecule has 1 aliphatic rings. The molecular formula is C15H22FNO3S. The Morgan fingerprint density at radius 2 is 2.10 bits per heavy atom. The average Bonchev–Trinajstić information content (AvgIpc) is 2.45. The van der Waals surface area contributed by atoms with Crippen LogP contribution in [0.3, 0.4) is 0 Å². The molecule has 21 heavy (non-hydrogen) atoms. The first-order valence-corrected chi connectivity index (χ1v) is 9.07. The molecule has 2 N–H and O–H groups in total. The van der Waals surface area contributed by atoms with Crippen LogP contribution in [0.1, 0.15) is 37.3 Å². The van der Waals surface area contributed by atoms with Crippen molar-refractivity contribution in [1.82, 2.24) is 0 Å². The van der Waals surface area contributed by atoms with E-state index < -0.39 is 21.7 Å². The van der Waals surface area contributed by atoms with Crippen molar-refractivity contribution in [1.29, 1.82) is 0 Å². The Bertz CT molecular complexity index is 603. The Kier molecular flexibility index (Phi) is 4.88. The van der Waals surface area contributed by atoms with Crippen molar-refractivity contribution in [3.05, 3.63) is 29.6 Å². The lowest BCUT2D eigenvalue weighted by atomic mass is 9.81. The van der Waals surface area contributed by atoms with Gasteiger partial charge in [0.2, 0.25) is 0 Å². The molecule has 1 aromatic rings. The van der Waals surface area contributed by atoms with E-state index in [4.69, 9.17) is 10.5 Å². The topological polar surface area (TPSA) is 69.4 Å². The number of sulfone groups is 1. The molecule has 0 bridgehead atoms. The van der Waals surface area contributed by atoms with Crippen LogP contribution in [-0.2, 0) is 9.84 Å². The molecule has 118 valence electrons. The SMILES string of the molecule is COc1cccc(F)c1C(N)C1CCCC(S(C)(=O)=O)C1. The first-order chi connectivity index (χ1) is 9.84. The maximum absolute atomic E-state index is 14.1. The number of nitrogens with two attached hydrogens (primary N) is 1. The number of hydrogen-bond acceptors (Lipinski definition) is 4. The highest BCUT2D eigenvalue weighted by atomic mass is 32.2. The predicted octanol–water partition coefficient (Wildman–Crippen LogP) is 2.44. The second-order valence-electron chi connectivity index (χ2n) is 5.76. The minimum absolute atomic E-state index is 0.0516. The van der Waals surface area contributed by atoms with Crippen LogP contribution >= 0.6 is 0 Å². The van der Waals surface area contributed by atoms with Crippen LogP contribution in [0.2, 0.25) is 0 Å². The molecule has 6 heteroatoms. The molecule has 1 aliphatic carbocycles. The fourth-order valence-electron chi connectivity index (χ4n) is 3.15. The summed E-state index contributed by atoms with van der Waals surface area (Å²) in [7, 11) is -1.60. The van der Waals surface area contributed by atoms with Crippen LogP contribution in [0.25, 0.3) is 0 Å². The minimum Gasteiger partial charge on any atom is -0.496 e. The van der Waals surface area contributed by atoms with Crippen LogP contribution in [0.4, 0.5) is 4.39 Å². The monoisotopic (exact) mass is 315 g/mol. The third-order valence-corrected chi connectivity index (χ3v) is 5.99. The molecule has 3 unspecified atom stereocenters. The lowest BCUT2D eigenvalue weighted by Gasteiger charge is -2.32. The first-order valence-electron chi connectivity index (χ1n) is 7.11. The molecule has 0 aliphatic heterocycles. The van der Waals surface area contributed by atoms with Crippen molar-refractivity contribution >= 4 is 9.84 Å². The third kappa shape index (κ3) is 3.55. The molecule has 3 atom stereocenters. The van der Waals surface area contributed by atoms with Crippen LogP contribution < -0.4 is 10.5 Å². The summed E-state index contributed by atoms with van der Waals surface area (Å²) in [6, 6.07) is 4.06. The largest absolute Gasteiger partial charge is 0.496 e. The predicted molar refractivity (Wildman–Crippen MR) is 80.5 cm³/mol. The number of ether oxygens (including phenoxy) is 1. The Morgan fingerprint density at radius 3 is 2.71 bits per heavy atom. The van der Waals surface area contributed by atoms with Gasteiger partial charge in [0.05, 0.1) is 12.4 Å². The van der Waals surface area contributed by atoms with E-state index in [2.05, 4.69) is 0 Å². The quantitative estimate of drug-likeness (QED) is 0.926. The summed E-state index contributed by atoms with van der Waals surface area (Å²) in [4.78, 5) is 0. The van der Waals surface area contributed by atoms with Crippen LogP contribution in [-0.4, -0.2) is 27.0 Å². The van der Waals surface area contributed by atoms with Gasteiger partial charge in [-0.1, -0.05) is 12.5 Å². The summed E-state index contributed by atoms with van der Waals surface area (Å²) in [5, 5.41) is -0.375. The van der Waals surface area contributed by atoms with Gasteiger partial charge in [-0.15, -0.1) is 0 Å². The summed E-state index contributed by atoms with van der Waals surface area (Å²) in [5.41, 5.74) is 6.58. The van der Waals surface area contributed by atoms with E-state index in [1.54, 1.807) is 12.1 Å². The van der Waals surface area contributed by atoms with Gasteiger partial charge in [-0.25, -0.2) is 12.8 Å². The summed E-state index contributed by atoms with van der Waals surface area (Å²) in [5.74, 6) is -0.0309. The number of rotatable bonds is 4. The van der Waals surface area contributed by atoms with E-state index >= 15 is 0 Å². The highest BCUT2D eigenvalue weighted by Gasteiger charge is 2.34. The molecule has 0 radical (unpaired) electrons. The zero-order valence-electron chi connectivity index (χ0n) is 12.4. The minimum atomic E-state index is -3.08. The van der Waals surface area contributed by atoms with E-state index in [-0.39, 0.29) is 11.2 Å². The molecular weight excluding hydrogens is 293 g/mol. The summed E-state index contributed by atoms with van der Waals surface area (Å²) in [6.07, 6.45) is 4.01. The molecule has 2 rings (SSSR count). The fraction of sp³-hybridized carbons (Fsp3) is 0.600. The molecule has 0 spiro atoms. The lowest BCUT2D eigenvalue weighted by molar-refractivity contribution is 0.296. The normalized spacial score (nSPS) is 24.6. The molecule has 0 amide bonds. The maximum atomic E-state index is 14.1. The van der Waals surface area contributed by atoms with Gasteiger partial charge in [0.1, 0.15) is 21.4 Å². The van der Waals surface area contributed by atoms with Gasteiger partial charge in [0, 0.05) is 17.9 Å². The first kappa shape index (κ1) is 16.2. The van der Waals surface area contributed by atoms with Crippen molar-refractivity contribution in [3.63, 3.8) is 0 Å². The molecule has 0 heterocycles. The van der Waals surface area contributed by atoms with E-state index in [1.165, 1.54) is 19.4 Å². The fourth-order valence-corrected chi connectivity index (χ4v) is 4.34. The van der Waals surface area contributed by atoms with Crippen molar-refractivity contribution in [2.24, 2.45) is 11.7 Å². The lowest BCUT2D eigenvalue weighted by Crippen LogP contribution is -2.33. The molecule has 4 nitrogen and oxygen atoms in total. The van der Waals surface area contributed by atoms with Gasteiger partial charge >= 0.3 is 0 Å². The number of hydrogen-bond donors (Lipinski definition) is 1. The summed E-state index contributed by atoms with van der Waals surface area (Å²) < 4.78 is 42.8. The molecule has 0 saturated heterocycles. The number of methoxy groups -OCH3 is 1. The molecule has 1 fully saturated rings. The van der Waals surface area contributed by atoms with Crippen LogP contribution in [0, 0.1) is 11.7 Å². The van der Waals surface area contributed by atoms with Gasteiger partial charge in [0.15, 0.2) is 0 Å². The van der Waals surface area contributed by atoms with E-state index in [0.29, 0.717) is 24.2 Å². The van der Waals surface area contributed by atoms with Crippen LogP contribution in [0.15, 0.2) is 18.2 Å². The van der Waals surface area contributed by atoms with Crippen molar-refractivity contribution in [2.75, 3.05) is 13.4 Å². The Morgan fingerprint density at radius 1 is 1.38 bits per heavy atom. The van der Waals surface area contributed by atoms with Crippen LogP contribution in [0.5, 0.6) is 5.75 Å². The second kappa shape index (κ2) is 6.32. The third-order valence-electron chi connectivity index (χ3n) is 4.35. The van der Waals surface area contributed by atoms with E-state index in [9.17, 15) is 12.8 Å². The summed E-state index contributed by atoms with van der Waals surface area (Å²) in [6.45, 7) is 0. The molecule has 1 aromatic carbocycles. The van der Waals surface area contributed by atoms with Crippen molar-refractivity contribution < 1.29 is 17.5 Å². The summed E-state index contributed by atoms with van der Waals surface area (Å²) >= 11 is 0. The van der Waals surface area contributed by atoms with E-state index in [0.717, 1.165) is 12.8 Å². The zero-order chi connectivity index (χ0) is 15.6. The van der Waals surface area contributed by atoms with Gasteiger partial charge < -0.3 is 10.5 Å². The van der Waals surface area contributed by atoms with Gasteiger partial charge in [-0.05, 0) is 37.3 Å². The maximum Gasteiger partial charge on any atom is 0.150 e. The van der Waals surface area contributed by atoms with Crippen molar-refractivity contribution in [3.8, 4) is 5.75 Å². The second-order valence-corrected chi connectivity index (χ2v) is 8.09. The standard InChI is InChI=1S/C15H22FNO3S/c1-20-13-8-4-7-12(16)14(13)15(17)10-5-3-6-11(9-10)21(2,18)19/h4,7-8,10-11,15H,3,5-6,9,17H2,1-2H3. The Labute approximate surface area is 125 Å². The Balaban J connectivity index is 2.26. The van der Waals surface area contributed by atoms with Gasteiger partial charge in [-0.2, -0.15) is 0 Å². The van der Waals surface area contributed by atoms with Crippen molar-refractivity contribution in [2.45, 2.75) is 37.0 Å².